The zero-order valence-corrected chi connectivity index (χ0v) is 20.2. The molecule has 0 atom stereocenters. The van der Waals surface area contributed by atoms with Crippen LogP contribution in [0.5, 0.6) is 0 Å². The molecule has 0 aliphatic heterocycles. The first kappa shape index (κ1) is 23.3. The Hall–Kier alpha value is -3.84. The zero-order valence-electron chi connectivity index (χ0n) is 20.2. The highest BCUT2D eigenvalue weighted by Crippen LogP contribution is 2.35. The molecular weight excluding hydrogens is 410 g/mol. The van der Waals surface area contributed by atoms with E-state index in [0.717, 1.165) is 12.1 Å². The van der Waals surface area contributed by atoms with E-state index in [9.17, 15) is 0 Å². The minimum absolute atomic E-state index is 1.14. The zero-order chi connectivity index (χ0) is 23.6. The Morgan fingerprint density at radius 2 is 1.09 bits per heavy atom. The lowest BCUT2D eigenvalue weighted by atomic mass is 10.1. The molecule has 4 aromatic rings. The molecule has 0 saturated heterocycles. The van der Waals surface area contributed by atoms with Crippen LogP contribution in [0.3, 0.4) is 0 Å². The smallest absolute Gasteiger partial charge is 0.0462 e. The molecule has 0 saturated carbocycles. The predicted molar refractivity (Wildman–Crippen MR) is 149 cm³/mol. The lowest BCUT2D eigenvalue weighted by Crippen LogP contribution is -2.10. The van der Waals surface area contributed by atoms with E-state index in [1.54, 1.807) is 0 Å². The second kappa shape index (κ2) is 11.9. The second-order valence-electron chi connectivity index (χ2n) is 8.66. The molecule has 0 radical (unpaired) electrons. The molecule has 0 aromatic heterocycles. The predicted octanol–water partition coefficient (Wildman–Crippen LogP) is 9.53. The van der Waals surface area contributed by atoms with Crippen LogP contribution >= 0.6 is 0 Å². The average Bonchev–Trinajstić information content (AvgIpc) is 2.89. The number of benzene rings is 4. The SMILES string of the molecule is CCCCc1ccc(N(c2ccc(C)cc2)c2ccc(/C=C/C=C/c3ccccc3)cc2)cc1. The van der Waals surface area contributed by atoms with E-state index in [4.69, 9.17) is 0 Å². The van der Waals surface area contributed by atoms with E-state index in [1.807, 2.05) is 6.07 Å². The van der Waals surface area contributed by atoms with Crippen LogP contribution in [0.1, 0.15) is 42.0 Å². The van der Waals surface area contributed by atoms with E-state index in [1.165, 1.54) is 46.5 Å². The number of hydrogen-bond donors (Lipinski definition) is 0. The Balaban J connectivity index is 1.56. The summed E-state index contributed by atoms with van der Waals surface area (Å²) < 4.78 is 0. The van der Waals surface area contributed by atoms with Gasteiger partial charge in [-0.25, -0.2) is 0 Å². The Kier molecular flexibility index (Phi) is 8.13. The summed E-state index contributed by atoms with van der Waals surface area (Å²) in [6.45, 7) is 4.37. The fraction of sp³-hybridized carbons (Fsp3) is 0.152. The summed E-state index contributed by atoms with van der Waals surface area (Å²) in [5.41, 5.74) is 8.56. The Labute approximate surface area is 204 Å². The molecule has 1 heteroatoms. The van der Waals surface area contributed by atoms with Crippen molar-refractivity contribution >= 4 is 29.2 Å². The first-order valence-corrected chi connectivity index (χ1v) is 12.2. The van der Waals surface area contributed by atoms with Crippen LogP contribution in [-0.2, 0) is 6.42 Å². The second-order valence-corrected chi connectivity index (χ2v) is 8.66. The van der Waals surface area contributed by atoms with Gasteiger partial charge in [0.25, 0.3) is 0 Å². The summed E-state index contributed by atoms with van der Waals surface area (Å²) in [6, 6.07) is 36.9. The summed E-state index contributed by atoms with van der Waals surface area (Å²) in [4.78, 5) is 2.33. The summed E-state index contributed by atoms with van der Waals surface area (Å²) >= 11 is 0. The molecule has 0 aliphatic rings. The van der Waals surface area contributed by atoms with E-state index in [2.05, 4.69) is 140 Å². The van der Waals surface area contributed by atoms with Gasteiger partial charge in [0.05, 0.1) is 0 Å². The lowest BCUT2D eigenvalue weighted by Gasteiger charge is -2.26. The topological polar surface area (TPSA) is 3.24 Å². The van der Waals surface area contributed by atoms with Gasteiger partial charge in [-0.05, 0) is 72.9 Å². The number of nitrogens with zero attached hydrogens (tertiary/aromatic N) is 1. The molecule has 0 bridgehead atoms. The summed E-state index contributed by atoms with van der Waals surface area (Å²) in [7, 11) is 0. The molecule has 0 unspecified atom stereocenters. The van der Waals surface area contributed by atoms with Gasteiger partial charge in [0.2, 0.25) is 0 Å². The van der Waals surface area contributed by atoms with Crippen LogP contribution in [0.4, 0.5) is 17.1 Å². The normalized spacial score (nSPS) is 11.4. The third-order valence-corrected chi connectivity index (χ3v) is 5.95. The van der Waals surface area contributed by atoms with Crippen LogP contribution in [-0.4, -0.2) is 0 Å². The molecule has 0 heterocycles. The lowest BCUT2D eigenvalue weighted by molar-refractivity contribution is 0.795. The fourth-order valence-electron chi connectivity index (χ4n) is 3.97. The average molecular weight is 444 g/mol. The first-order chi connectivity index (χ1) is 16.7. The number of hydrogen-bond acceptors (Lipinski definition) is 1. The molecule has 0 amide bonds. The molecule has 0 aliphatic carbocycles. The monoisotopic (exact) mass is 443 g/mol. The van der Waals surface area contributed by atoms with Crippen LogP contribution < -0.4 is 4.90 Å². The Bertz CT molecular complexity index is 1200. The molecular formula is C33H33N. The van der Waals surface area contributed by atoms with E-state index >= 15 is 0 Å². The highest BCUT2D eigenvalue weighted by atomic mass is 15.1. The van der Waals surface area contributed by atoms with Crippen molar-refractivity contribution < 1.29 is 0 Å². The van der Waals surface area contributed by atoms with Crippen molar-refractivity contribution in [3.05, 3.63) is 138 Å². The van der Waals surface area contributed by atoms with E-state index < -0.39 is 0 Å². The molecule has 0 N–H and O–H groups in total. The van der Waals surface area contributed by atoms with Crippen molar-refractivity contribution in [1.29, 1.82) is 0 Å². The van der Waals surface area contributed by atoms with Gasteiger partial charge >= 0.3 is 0 Å². The van der Waals surface area contributed by atoms with Crippen molar-refractivity contribution in [3.63, 3.8) is 0 Å². The molecule has 4 rings (SSSR count). The van der Waals surface area contributed by atoms with Crippen LogP contribution in [0.25, 0.3) is 12.2 Å². The van der Waals surface area contributed by atoms with E-state index in [0.29, 0.717) is 0 Å². The maximum absolute atomic E-state index is 2.33. The van der Waals surface area contributed by atoms with Gasteiger partial charge in [-0.15, -0.1) is 0 Å². The highest BCUT2D eigenvalue weighted by Gasteiger charge is 2.12. The maximum Gasteiger partial charge on any atom is 0.0462 e. The fourth-order valence-corrected chi connectivity index (χ4v) is 3.97. The Morgan fingerprint density at radius 1 is 0.588 bits per heavy atom. The van der Waals surface area contributed by atoms with Gasteiger partial charge in [-0.1, -0.05) is 110 Å². The van der Waals surface area contributed by atoms with Crippen molar-refractivity contribution in [1.82, 2.24) is 0 Å². The third kappa shape index (κ3) is 6.36. The summed E-state index contributed by atoms with van der Waals surface area (Å²) in [6.07, 6.45) is 12.0. The molecule has 34 heavy (non-hydrogen) atoms. The number of rotatable bonds is 9. The van der Waals surface area contributed by atoms with Crippen molar-refractivity contribution in [3.8, 4) is 0 Å². The summed E-state index contributed by atoms with van der Waals surface area (Å²) in [5.74, 6) is 0. The molecule has 1 nitrogen and oxygen atoms in total. The van der Waals surface area contributed by atoms with Crippen LogP contribution in [0.2, 0.25) is 0 Å². The third-order valence-electron chi connectivity index (χ3n) is 5.95. The van der Waals surface area contributed by atoms with Gasteiger partial charge in [0, 0.05) is 17.1 Å². The highest BCUT2D eigenvalue weighted by molar-refractivity contribution is 5.77. The van der Waals surface area contributed by atoms with E-state index in [-0.39, 0.29) is 0 Å². The number of unbranched alkanes of at least 4 members (excludes halogenated alkanes) is 1. The van der Waals surface area contributed by atoms with Gasteiger partial charge in [-0.3, -0.25) is 0 Å². The molecule has 0 fully saturated rings. The van der Waals surface area contributed by atoms with Crippen LogP contribution in [0, 0.1) is 6.92 Å². The number of anilines is 3. The minimum Gasteiger partial charge on any atom is -0.311 e. The van der Waals surface area contributed by atoms with Gasteiger partial charge < -0.3 is 4.90 Å². The van der Waals surface area contributed by atoms with Gasteiger partial charge in [-0.2, -0.15) is 0 Å². The van der Waals surface area contributed by atoms with Crippen molar-refractivity contribution in [2.24, 2.45) is 0 Å². The van der Waals surface area contributed by atoms with Crippen LogP contribution in [0.15, 0.2) is 115 Å². The van der Waals surface area contributed by atoms with Gasteiger partial charge in [0.15, 0.2) is 0 Å². The Morgan fingerprint density at radius 3 is 1.65 bits per heavy atom. The quantitative estimate of drug-likeness (QED) is 0.233. The molecule has 170 valence electrons. The molecule has 4 aromatic carbocycles. The maximum atomic E-state index is 2.33. The molecule has 0 spiro atoms. The van der Waals surface area contributed by atoms with Crippen molar-refractivity contribution in [2.75, 3.05) is 4.90 Å². The number of aryl methyl sites for hydroxylation is 2. The number of allylic oxidation sites excluding steroid dienone is 2. The first-order valence-electron chi connectivity index (χ1n) is 12.2. The van der Waals surface area contributed by atoms with Crippen molar-refractivity contribution in [2.45, 2.75) is 33.1 Å². The standard InChI is InChI=1S/C33H33N/c1-3-4-10-29-17-23-32(24-18-29)34(31-21-15-27(2)16-22-31)33-25-19-30(20-26-33)14-9-8-13-28-11-6-5-7-12-28/h5-9,11-26H,3-4,10H2,1-2H3/b13-8+,14-9+. The minimum atomic E-state index is 1.14. The largest absolute Gasteiger partial charge is 0.311 e. The summed E-state index contributed by atoms with van der Waals surface area (Å²) in [5, 5.41) is 0. The van der Waals surface area contributed by atoms with Gasteiger partial charge in [0.1, 0.15) is 0 Å².